The Morgan fingerprint density at radius 1 is 0.316 bits per heavy atom. The molecule has 2 amide bonds. The quantitative estimate of drug-likeness (QED) is 0.0891. The van der Waals surface area contributed by atoms with Crippen LogP contribution in [0.15, 0.2) is 0 Å². The van der Waals surface area contributed by atoms with Gasteiger partial charge in [-0.3, -0.25) is 9.59 Å². The third-order valence-electron chi connectivity index (χ3n) is 7.55. The molecule has 0 fully saturated rings. The van der Waals surface area contributed by atoms with Gasteiger partial charge in [-0.1, -0.05) is 181 Å². The first-order chi connectivity index (χ1) is 18.5. The summed E-state index contributed by atoms with van der Waals surface area (Å²) in [6.45, 7) is 4.53. The summed E-state index contributed by atoms with van der Waals surface area (Å²) in [5.41, 5.74) is 10.2. The Labute approximate surface area is 239 Å². The highest BCUT2D eigenvalue weighted by atomic mass is 16.1. The Hall–Kier alpha value is -1.06. The number of primary amides is 2. The van der Waals surface area contributed by atoms with Crippen LogP contribution in [0.5, 0.6) is 0 Å². The van der Waals surface area contributed by atoms with Gasteiger partial charge in [0.1, 0.15) is 0 Å². The summed E-state index contributed by atoms with van der Waals surface area (Å²) in [6, 6.07) is 0. The van der Waals surface area contributed by atoms with Crippen LogP contribution in [-0.2, 0) is 9.59 Å². The molecule has 0 aromatic rings. The van der Waals surface area contributed by atoms with Crippen molar-refractivity contribution in [2.75, 3.05) is 0 Å². The third-order valence-corrected chi connectivity index (χ3v) is 7.55. The standard InChI is InChI=1S/C22H45NO.C12H25NO/c1-2-3-4-5-6-7-8-9-10-11-12-13-14-15-16-17-18-19-20-21-22(23)24;1-2-3-4-5-6-7-8-9-10-11-12(13)14/h2-21H2,1H3,(H2,23,24);2-11H2,1H3,(H2,13,14). The molecule has 4 nitrogen and oxygen atoms in total. The largest absolute Gasteiger partial charge is 0.370 e. The Morgan fingerprint density at radius 2 is 0.474 bits per heavy atom. The molecule has 0 unspecified atom stereocenters. The number of carbonyl (C=O) groups excluding carboxylic acids is 2. The van der Waals surface area contributed by atoms with Crippen molar-refractivity contribution in [3.8, 4) is 0 Å². The summed E-state index contributed by atoms with van der Waals surface area (Å²) < 4.78 is 0. The average molecular weight is 539 g/mol. The lowest BCUT2D eigenvalue weighted by Crippen LogP contribution is -2.09. The van der Waals surface area contributed by atoms with E-state index in [0.717, 1.165) is 19.3 Å². The van der Waals surface area contributed by atoms with Gasteiger partial charge in [0.15, 0.2) is 0 Å². The second kappa shape index (κ2) is 35.9. The van der Waals surface area contributed by atoms with Crippen LogP contribution in [-0.4, -0.2) is 11.8 Å². The predicted octanol–water partition coefficient (Wildman–Crippen LogP) is 10.7. The zero-order chi connectivity index (χ0) is 28.4. The topological polar surface area (TPSA) is 86.2 Å². The number of nitrogens with two attached hydrogens (primary N) is 2. The Morgan fingerprint density at radius 3 is 0.632 bits per heavy atom. The van der Waals surface area contributed by atoms with Crippen LogP contribution in [0.25, 0.3) is 0 Å². The van der Waals surface area contributed by atoms with Crippen LogP contribution >= 0.6 is 0 Å². The maximum Gasteiger partial charge on any atom is 0.217 e. The van der Waals surface area contributed by atoms with Gasteiger partial charge >= 0.3 is 0 Å². The van der Waals surface area contributed by atoms with Crippen LogP contribution in [0.3, 0.4) is 0 Å². The van der Waals surface area contributed by atoms with Gasteiger partial charge in [-0.15, -0.1) is 0 Å². The van der Waals surface area contributed by atoms with E-state index < -0.39 is 0 Å². The molecule has 0 bridgehead atoms. The predicted molar refractivity (Wildman–Crippen MR) is 168 cm³/mol. The van der Waals surface area contributed by atoms with E-state index in [2.05, 4.69) is 13.8 Å². The summed E-state index contributed by atoms with van der Waals surface area (Å²) in [5.74, 6) is -0.310. The lowest BCUT2D eigenvalue weighted by molar-refractivity contribution is -0.119. The van der Waals surface area contributed by atoms with Gasteiger partial charge in [0.25, 0.3) is 0 Å². The molecule has 228 valence electrons. The van der Waals surface area contributed by atoms with Gasteiger partial charge in [-0.05, 0) is 12.8 Å². The fourth-order valence-electron chi connectivity index (χ4n) is 4.99. The molecule has 4 heteroatoms. The monoisotopic (exact) mass is 539 g/mol. The van der Waals surface area contributed by atoms with Crippen LogP contribution < -0.4 is 11.5 Å². The van der Waals surface area contributed by atoms with Crippen molar-refractivity contribution in [3.05, 3.63) is 0 Å². The van der Waals surface area contributed by atoms with Crippen LogP contribution in [0.1, 0.15) is 206 Å². The molecule has 0 aliphatic rings. The summed E-state index contributed by atoms with van der Waals surface area (Å²) in [4.78, 5) is 21.0. The molecule has 4 N–H and O–H groups in total. The first-order valence-corrected chi connectivity index (χ1v) is 17.1. The lowest BCUT2D eigenvalue weighted by Gasteiger charge is -2.03. The molecule has 0 aliphatic heterocycles. The zero-order valence-corrected chi connectivity index (χ0v) is 26.2. The van der Waals surface area contributed by atoms with Crippen molar-refractivity contribution in [1.29, 1.82) is 0 Å². The van der Waals surface area contributed by atoms with Crippen molar-refractivity contribution in [2.24, 2.45) is 11.5 Å². The van der Waals surface area contributed by atoms with Crippen molar-refractivity contribution in [2.45, 2.75) is 206 Å². The lowest BCUT2D eigenvalue weighted by atomic mass is 10.0. The zero-order valence-electron chi connectivity index (χ0n) is 26.2. The number of hydrogen-bond donors (Lipinski definition) is 2. The number of hydrogen-bond acceptors (Lipinski definition) is 2. The maximum absolute atomic E-state index is 10.6. The first kappa shape index (κ1) is 39.1. The minimum Gasteiger partial charge on any atom is -0.370 e. The molecule has 0 radical (unpaired) electrons. The van der Waals surface area contributed by atoms with Gasteiger partial charge in [-0.2, -0.15) is 0 Å². The Balaban J connectivity index is 0. The number of carbonyl (C=O) groups is 2. The number of unbranched alkanes of at least 4 members (excludes halogenated alkanes) is 26. The molecule has 0 aromatic carbocycles. The molecular formula is C34H70N2O2. The van der Waals surface area contributed by atoms with E-state index in [1.54, 1.807) is 0 Å². The molecule has 0 rings (SSSR count). The molecular weight excluding hydrogens is 468 g/mol. The molecule has 0 aliphatic carbocycles. The van der Waals surface area contributed by atoms with Crippen LogP contribution in [0, 0.1) is 0 Å². The Kier molecular flexibility index (Phi) is 37.0. The van der Waals surface area contributed by atoms with E-state index >= 15 is 0 Å². The summed E-state index contributed by atoms with van der Waals surface area (Å²) >= 11 is 0. The van der Waals surface area contributed by atoms with Gasteiger partial charge in [0.05, 0.1) is 0 Å². The van der Waals surface area contributed by atoms with E-state index in [1.165, 1.54) is 161 Å². The summed E-state index contributed by atoms with van der Waals surface area (Å²) in [7, 11) is 0. The summed E-state index contributed by atoms with van der Waals surface area (Å²) in [6.07, 6.45) is 38.9. The van der Waals surface area contributed by atoms with E-state index in [-0.39, 0.29) is 11.8 Å². The molecule has 38 heavy (non-hydrogen) atoms. The fraction of sp³-hybridized carbons (Fsp3) is 0.941. The van der Waals surface area contributed by atoms with E-state index in [1.807, 2.05) is 0 Å². The average Bonchev–Trinajstić information content (AvgIpc) is 2.89. The normalized spacial score (nSPS) is 10.8. The van der Waals surface area contributed by atoms with Crippen LogP contribution in [0.2, 0.25) is 0 Å². The van der Waals surface area contributed by atoms with Crippen molar-refractivity contribution < 1.29 is 9.59 Å². The van der Waals surface area contributed by atoms with Gasteiger partial charge in [0.2, 0.25) is 11.8 Å². The van der Waals surface area contributed by atoms with Crippen molar-refractivity contribution in [1.82, 2.24) is 0 Å². The van der Waals surface area contributed by atoms with Gasteiger partial charge < -0.3 is 11.5 Å². The number of rotatable bonds is 30. The molecule has 0 saturated heterocycles. The summed E-state index contributed by atoms with van der Waals surface area (Å²) in [5, 5.41) is 0. The minimum atomic E-state index is -0.159. The second-order valence-corrected chi connectivity index (χ2v) is 11.6. The molecule has 0 saturated carbocycles. The second-order valence-electron chi connectivity index (χ2n) is 11.6. The first-order valence-electron chi connectivity index (χ1n) is 17.1. The van der Waals surface area contributed by atoms with E-state index in [0.29, 0.717) is 12.8 Å². The maximum atomic E-state index is 10.6. The van der Waals surface area contributed by atoms with Crippen molar-refractivity contribution in [3.63, 3.8) is 0 Å². The molecule has 0 aromatic heterocycles. The SMILES string of the molecule is CCCCCCCCCCCC(N)=O.CCCCCCCCCCCCCCCCCCCCCC(N)=O. The van der Waals surface area contributed by atoms with Crippen molar-refractivity contribution >= 4 is 11.8 Å². The minimum absolute atomic E-state index is 0.151. The molecule has 0 atom stereocenters. The van der Waals surface area contributed by atoms with E-state index in [4.69, 9.17) is 11.5 Å². The van der Waals surface area contributed by atoms with Gasteiger partial charge in [-0.25, -0.2) is 0 Å². The Bertz CT molecular complexity index is 467. The molecule has 0 heterocycles. The molecule has 0 spiro atoms. The third kappa shape index (κ3) is 42.0. The highest BCUT2D eigenvalue weighted by Crippen LogP contribution is 2.15. The van der Waals surface area contributed by atoms with E-state index in [9.17, 15) is 9.59 Å². The fourth-order valence-corrected chi connectivity index (χ4v) is 4.99. The highest BCUT2D eigenvalue weighted by molar-refractivity contribution is 5.73. The van der Waals surface area contributed by atoms with Gasteiger partial charge in [0, 0.05) is 12.8 Å². The van der Waals surface area contributed by atoms with Crippen LogP contribution in [0.4, 0.5) is 0 Å². The number of amides is 2. The smallest absolute Gasteiger partial charge is 0.217 e. The highest BCUT2D eigenvalue weighted by Gasteiger charge is 1.97.